The molecule has 0 amide bonds. The molecule has 2 saturated heterocycles. The number of piperidine rings is 1. The second-order valence-electron chi connectivity index (χ2n) is 6.91. The van der Waals surface area contributed by atoms with E-state index < -0.39 is 0 Å². The van der Waals surface area contributed by atoms with Crippen LogP contribution in [-0.2, 0) is 16.5 Å². The highest BCUT2D eigenvalue weighted by molar-refractivity contribution is 5.52. The van der Waals surface area contributed by atoms with E-state index in [2.05, 4.69) is 20.1 Å². The van der Waals surface area contributed by atoms with Gasteiger partial charge in [-0.1, -0.05) is 0 Å². The van der Waals surface area contributed by atoms with Gasteiger partial charge in [0.05, 0.1) is 11.7 Å². The third-order valence-electron chi connectivity index (χ3n) is 5.51. The normalized spacial score (nSPS) is 23.1. The van der Waals surface area contributed by atoms with Crippen molar-refractivity contribution in [3.8, 4) is 11.5 Å². The number of ether oxygens (including phenoxy) is 2. The number of aromatic nitrogens is 4. The van der Waals surface area contributed by atoms with E-state index in [1.165, 1.54) is 0 Å². The predicted molar refractivity (Wildman–Crippen MR) is 94.4 cm³/mol. The molecule has 25 heavy (non-hydrogen) atoms. The maximum Gasteiger partial charge on any atom is 0.160 e. The van der Waals surface area contributed by atoms with E-state index >= 15 is 0 Å². The van der Waals surface area contributed by atoms with Gasteiger partial charge in [-0.15, -0.1) is 10.2 Å². The van der Waals surface area contributed by atoms with Crippen LogP contribution in [0.2, 0.25) is 0 Å². The van der Waals surface area contributed by atoms with E-state index in [0.29, 0.717) is 0 Å². The summed E-state index contributed by atoms with van der Waals surface area (Å²) < 4.78 is 13.8. The van der Waals surface area contributed by atoms with Gasteiger partial charge in [0, 0.05) is 46.2 Å². The lowest BCUT2D eigenvalue weighted by atomic mass is 9.82. The van der Waals surface area contributed by atoms with Crippen LogP contribution in [0.5, 0.6) is 0 Å². The molecule has 7 heteroatoms. The molecule has 4 rings (SSSR count). The number of hydrogen-bond donors (Lipinski definition) is 0. The fraction of sp³-hybridized carbons (Fsp3) is 0.611. The van der Waals surface area contributed by atoms with Crippen molar-refractivity contribution in [2.75, 3.05) is 31.7 Å². The van der Waals surface area contributed by atoms with E-state index in [4.69, 9.17) is 9.47 Å². The standard InChI is InChI=1S/C18H25N5O2/c1-22-12-9-19-17(22)14-5-6-16(21-20-14)23-10-7-18(8-11-23)15(24-2)4-3-13-25-18/h5-6,9,12,15H,3-4,7-8,10-11,13H2,1-2H3. The summed E-state index contributed by atoms with van der Waals surface area (Å²) in [7, 11) is 3.76. The molecular weight excluding hydrogens is 318 g/mol. The summed E-state index contributed by atoms with van der Waals surface area (Å²) in [4.78, 5) is 6.60. The molecule has 4 heterocycles. The molecule has 2 aliphatic heterocycles. The van der Waals surface area contributed by atoms with Crippen LogP contribution in [0.4, 0.5) is 5.82 Å². The first kappa shape index (κ1) is 16.5. The lowest BCUT2D eigenvalue weighted by Gasteiger charge is -2.48. The number of imidazole rings is 1. The Labute approximate surface area is 148 Å². The van der Waals surface area contributed by atoms with Gasteiger partial charge in [-0.25, -0.2) is 4.98 Å². The molecular formula is C18H25N5O2. The Kier molecular flexibility index (Phi) is 4.43. The Balaban J connectivity index is 1.45. The SMILES string of the molecule is COC1CCCOC12CCN(c1ccc(-c3nccn3C)nn1)CC2. The Hall–Kier alpha value is -1.99. The van der Waals surface area contributed by atoms with Gasteiger partial charge in [0.1, 0.15) is 5.69 Å². The van der Waals surface area contributed by atoms with Crippen molar-refractivity contribution in [1.29, 1.82) is 0 Å². The van der Waals surface area contributed by atoms with E-state index in [0.717, 1.165) is 62.7 Å². The monoisotopic (exact) mass is 343 g/mol. The molecule has 2 aromatic rings. The average Bonchev–Trinajstić information content (AvgIpc) is 3.09. The molecule has 1 spiro atoms. The molecule has 0 radical (unpaired) electrons. The summed E-state index contributed by atoms with van der Waals surface area (Å²) in [5.41, 5.74) is 0.670. The molecule has 2 aliphatic rings. The molecule has 1 unspecified atom stereocenters. The first-order chi connectivity index (χ1) is 12.2. The Morgan fingerprint density at radius 1 is 1.24 bits per heavy atom. The number of anilines is 1. The smallest absolute Gasteiger partial charge is 0.160 e. The summed E-state index contributed by atoms with van der Waals surface area (Å²) in [6.45, 7) is 2.67. The van der Waals surface area contributed by atoms with Crippen LogP contribution in [0.1, 0.15) is 25.7 Å². The third kappa shape index (κ3) is 3.02. The summed E-state index contributed by atoms with van der Waals surface area (Å²) in [5, 5.41) is 8.78. The first-order valence-electron chi connectivity index (χ1n) is 8.95. The number of aryl methyl sites for hydroxylation is 1. The number of methoxy groups -OCH3 is 1. The van der Waals surface area contributed by atoms with Crippen molar-refractivity contribution in [2.45, 2.75) is 37.4 Å². The maximum atomic E-state index is 6.18. The predicted octanol–water partition coefficient (Wildman–Crippen LogP) is 2.04. The fourth-order valence-electron chi connectivity index (χ4n) is 4.04. The molecule has 134 valence electrons. The highest BCUT2D eigenvalue weighted by Crippen LogP contribution is 2.37. The third-order valence-corrected chi connectivity index (χ3v) is 5.51. The molecule has 2 fully saturated rings. The fourth-order valence-corrected chi connectivity index (χ4v) is 4.04. The van der Waals surface area contributed by atoms with Gasteiger partial charge in [-0.2, -0.15) is 0 Å². The molecule has 1 atom stereocenters. The lowest BCUT2D eigenvalue weighted by Crippen LogP contribution is -2.56. The minimum absolute atomic E-state index is 0.121. The van der Waals surface area contributed by atoms with Crippen molar-refractivity contribution >= 4 is 5.82 Å². The summed E-state index contributed by atoms with van der Waals surface area (Å²) in [6.07, 6.45) is 8.00. The molecule has 2 aromatic heterocycles. The van der Waals surface area contributed by atoms with Gasteiger partial charge in [0.25, 0.3) is 0 Å². The van der Waals surface area contributed by atoms with Crippen molar-refractivity contribution in [3.63, 3.8) is 0 Å². The Morgan fingerprint density at radius 3 is 2.72 bits per heavy atom. The van der Waals surface area contributed by atoms with Crippen LogP contribution in [0.15, 0.2) is 24.5 Å². The van der Waals surface area contributed by atoms with E-state index in [1.54, 1.807) is 13.3 Å². The average molecular weight is 343 g/mol. The second kappa shape index (κ2) is 6.72. The van der Waals surface area contributed by atoms with E-state index in [-0.39, 0.29) is 11.7 Å². The van der Waals surface area contributed by atoms with Crippen molar-refractivity contribution in [2.24, 2.45) is 7.05 Å². The zero-order valence-corrected chi connectivity index (χ0v) is 14.9. The first-order valence-corrected chi connectivity index (χ1v) is 8.95. The molecule has 0 bridgehead atoms. The minimum atomic E-state index is -0.121. The van der Waals surface area contributed by atoms with Gasteiger partial charge in [0.2, 0.25) is 0 Å². The number of nitrogens with zero attached hydrogens (tertiary/aromatic N) is 5. The van der Waals surface area contributed by atoms with Crippen LogP contribution in [0.25, 0.3) is 11.5 Å². The van der Waals surface area contributed by atoms with Crippen LogP contribution in [0, 0.1) is 0 Å². The van der Waals surface area contributed by atoms with Crippen LogP contribution >= 0.6 is 0 Å². The van der Waals surface area contributed by atoms with Crippen LogP contribution in [0.3, 0.4) is 0 Å². The number of rotatable bonds is 3. The summed E-state index contributed by atoms with van der Waals surface area (Å²) in [5.74, 6) is 1.74. The molecule has 0 N–H and O–H groups in total. The molecule has 0 aromatic carbocycles. The molecule has 7 nitrogen and oxygen atoms in total. The van der Waals surface area contributed by atoms with Gasteiger partial charge in [-0.05, 0) is 37.8 Å². The topological polar surface area (TPSA) is 65.3 Å². The zero-order chi connectivity index (χ0) is 17.3. The van der Waals surface area contributed by atoms with E-state index in [9.17, 15) is 0 Å². The highest BCUT2D eigenvalue weighted by Gasteiger charge is 2.44. The molecule has 0 saturated carbocycles. The lowest BCUT2D eigenvalue weighted by molar-refractivity contribution is -0.175. The van der Waals surface area contributed by atoms with Crippen LogP contribution in [-0.4, -0.2) is 58.3 Å². The maximum absolute atomic E-state index is 6.18. The second-order valence-corrected chi connectivity index (χ2v) is 6.91. The van der Waals surface area contributed by atoms with Gasteiger partial charge < -0.3 is 18.9 Å². The summed E-state index contributed by atoms with van der Waals surface area (Å²) in [6, 6.07) is 4.02. The van der Waals surface area contributed by atoms with Crippen molar-refractivity contribution in [1.82, 2.24) is 19.7 Å². The zero-order valence-electron chi connectivity index (χ0n) is 14.9. The Morgan fingerprint density at radius 2 is 2.08 bits per heavy atom. The van der Waals surface area contributed by atoms with E-state index in [1.807, 2.05) is 29.9 Å². The number of hydrogen-bond acceptors (Lipinski definition) is 6. The highest BCUT2D eigenvalue weighted by atomic mass is 16.5. The van der Waals surface area contributed by atoms with Gasteiger partial charge >= 0.3 is 0 Å². The van der Waals surface area contributed by atoms with Gasteiger partial charge in [0.15, 0.2) is 11.6 Å². The largest absolute Gasteiger partial charge is 0.378 e. The van der Waals surface area contributed by atoms with Crippen molar-refractivity contribution < 1.29 is 9.47 Å². The minimum Gasteiger partial charge on any atom is -0.378 e. The summed E-state index contributed by atoms with van der Waals surface area (Å²) >= 11 is 0. The molecule has 0 aliphatic carbocycles. The van der Waals surface area contributed by atoms with Crippen LogP contribution < -0.4 is 4.90 Å². The Bertz CT molecular complexity index is 707. The van der Waals surface area contributed by atoms with Gasteiger partial charge in [-0.3, -0.25) is 0 Å². The van der Waals surface area contributed by atoms with Crippen molar-refractivity contribution in [3.05, 3.63) is 24.5 Å². The quantitative estimate of drug-likeness (QED) is 0.850.